The topological polar surface area (TPSA) is 74.5 Å². The SMILES string of the molecule is CC(O)(CNC(=O)NCCCF)c1ccco1. The first-order valence-electron chi connectivity index (χ1n) is 5.40. The number of hydrogen-bond acceptors (Lipinski definition) is 3. The Kier molecular flexibility index (Phi) is 4.96. The number of carbonyl (C=O) groups is 1. The number of rotatable bonds is 6. The smallest absolute Gasteiger partial charge is 0.314 e. The lowest BCUT2D eigenvalue weighted by Crippen LogP contribution is -2.43. The zero-order valence-electron chi connectivity index (χ0n) is 9.70. The van der Waals surface area contributed by atoms with Gasteiger partial charge in [0.15, 0.2) is 0 Å². The molecule has 5 nitrogen and oxygen atoms in total. The highest BCUT2D eigenvalue weighted by Gasteiger charge is 2.26. The molecule has 3 N–H and O–H groups in total. The predicted octanol–water partition coefficient (Wildman–Crippen LogP) is 1.15. The third-order valence-corrected chi connectivity index (χ3v) is 2.24. The number of aliphatic hydroxyl groups is 1. The number of alkyl halides is 1. The van der Waals surface area contributed by atoms with E-state index in [-0.39, 0.29) is 19.5 Å². The molecule has 6 heteroatoms. The Morgan fingerprint density at radius 2 is 2.35 bits per heavy atom. The van der Waals surface area contributed by atoms with Crippen LogP contribution in [0.25, 0.3) is 0 Å². The van der Waals surface area contributed by atoms with Crippen molar-refractivity contribution in [2.75, 3.05) is 19.8 Å². The summed E-state index contributed by atoms with van der Waals surface area (Å²) in [4.78, 5) is 11.2. The molecule has 1 heterocycles. The van der Waals surface area contributed by atoms with Crippen LogP contribution >= 0.6 is 0 Å². The highest BCUT2D eigenvalue weighted by atomic mass is 19.1. The molecule has 96 valence electrons. The molecule has 1 atom stereocenters. The maximum Gasteiger partial charge on any atom is 0.314 e. The van der Waals surface area contributed by atoms with Crippen LogP contribution in [0.4, 0.5) is 9.18 Å². The summed E-state index contributed by atoms with van der Waals surface area (Å²) >= 11 is 0. The minimum atomic E-state index is -1.26. The largest absolute Gasteiger partial charge is 0.466 e. The van der Waals surface area contributed by atoms with Crippen molar-refractivity contribution in [2.24, 2.45) is 0 Å². The van der Waals surface area contributed by atoms with Crippen LogP contribution in [0.15, 0.2) is 22.8 Å². The van der Waals surface area contributed by atoms with Gasteiger partial charge < -0.3 is 20.2 Å². The first-order chi connectivity index (χ1) is 8.06. The number of amides is 2. The van der Waals surface area contributed by atoms with E-state index in [9.17, 15) is 14.3 Å². The lowest BCUT2D eigenvalue weighted by atomic mass is 10.0. The summed E-state index contributed by atoms with van der Waals surface area (Å²) < 4.78 is 16.8. The number of carbonyl (C=O) groups excluding carboxylic acids is 1. The molecular formula is C11H17FN2O3. The van der Waals surface area contributed by atoms with Gasteiger partial charge in [-0.1, -0.05) is 0 Å². The fourth-order valence-electron chi connectivity index (χ4n) is 1.26. The molecule has 0 saturated carbocycles. The van der Waals surface area contributed by atoms with Crippen LogP contribution in [0.1, 0.15) is 19.1 Å². The number of hydrogen-bond donors (Lipinski definition) is 3. The van der Waals surface area contributed by atoms with Gasteiger partial charge in [-0.3, -0.25) is 4.39 Å². The second kappa shape index (κ2) is 6.24. The molecule has 0 bridgehead atoms. The van der Waals surface area contributed by atoms with E-state index in [2.05, 4.69) is 10.6 Å². The first-order valence-corrected chi connectivity index (χ1v) is 5.40. The Morgan fingerprint density at radius 1 is 1.59 bits per heavy atom. The molecule has 17 heavy (non-hydrogen) atoms. The molecule has 1 aromatic heterocycles. The molecule has 1 aromatic rings. The third kappa shape index (κ3) is 4.44. The van der Waals surface area contributed by atoms with Crippen molar-refractivity contribution in [3.05, 3.63) is 24.2 Å². The van der Waals surface area contributed by atoms with Gasteiger partial charge in [0, 0.05) is 6.54 Å². The average molecular weight is 244 g/mol. The van der Waals surface area contributed by atoms with Crippen molar-refractivity contribution in [3.63, 3.8) is 0 Å². The van der Waals surface area contributed by atoms with E-state index in [4.69, 9.17) is 4.42 Å². The lowest BCUT2D eigenvalue weighted by Gasteiger charge is -2.21. The molecule has 0 aliphatic heterocycles. The van der Waals surface area contributed by atoms with Gasteiger partial charge in [0.1, 0.15) is 11.4 Å². The Morgan fingerprint density at radius 3 is 2.94 bits per heavy atom. The second-order valence-corrected chi connectivity index (χ2v) is 3.90. The average Bonchev–Trinajstić information content (AvgIpc) is 2.81. The van der Waals surface area contributed by atoms with E-state index >= 15 is 0 Å². The zero-order valence-corrected chi connectivity index (χ0v) is 9.70. The quantitative estimate of drug-likeness (QED) is 0.657. The van der Waals surface area contributed by atoms with E-state index in [1.54, 1.807) is 12.1 Å². The van der Waals surface area contributed by atoms with E-state index in [0.717, 1.165) is 0 Å². The molecule has 0 saturated heterocycles. The molecule has 2 amide bonds. The summed E-state index contributed by atoms with van der Waals surface area (Å²) in [6.07, 6.45) is 1.73. The number of urea groups is 1. The van der Waals surface area contributed by atoms with Crippen LogP contribution < -0.4 is 10.6 Å². The first kappa shape index (κ1) is 13.5. The predicted molar refractivity (Wildman–Crippen MR) is 60.3 cm³/mol. The molecular weight excluding hydrogens is 227 g/mol. The normalized spacial score (nSPS) is 14.1. The van der Waals surface area contributed by atoms with E-state index in [0.29, 0.717) is 5.76 Å². The molecule has 1 unspecified atom stereocenters. The summed E-state index contributed by atoms with van der Waals surface area (Å²) in [6, 6.07) is 2.85. The number of halogens is 1. The molecule has 0 aliphatic carbocycles. The fourth-order valence-corrected chi connectivity index (χ4v) is 1.26. The van der Waals surface area contributed by atoms with Crippen molar-refractivity contribution in [1.29, 1.82) is 0 Å². The zero-order chi connectivity index (χ0) is 12.7. The number of nitrogens with one attached hydrogen (secondary N) is 2. The standard InChI is InChI=1S/C11H17FN2O3/c1-11(16,9-4-2-7-17-9)8-14-10(15)13-6-3-5-12/h2,4,7,16H,3,5-6,8H2,1H3,(H2,13,14,15). The van der Waals surface area contributed by atoms with Crippen molar-refractivity contribution in [2.45, 2.75) is 18.9 Å². The monoisotopic (exact) mass is 244 g/mol. The van der Waals surface area contributed by atoms with Crippen molar-refractivity contribution >= 4 is 6.03 Å². The van der Waals surface area contributed by atoms with Gasteiger partial charge in [0.2, 0.25) is 0 Å². The minimum absolute atomic E-state index is 0.0158. The van der Waals surface area contributed by atoms with Crippen LogP contribution in [0.5, 0.6) is 0 Å². The molecule has 0 radical (unpaired) electrons. The van der Waals surface area contributed by atoms with Gasteiger partial charge in [0.05, 0.1) is 19.5 Å². The lowest BCUT2D eigenvalue weighted by molar-refractivity contribution is 0.0367. The Bertz CT molecular complexity index is 338. The van der Waals surface area contributed by atoms with Gasteiger partial charge in [0.25, 0.3) is 0 Å². The fraction of sp³-hybridized carbons (Fsp3) is 0.545. The maximum atomic E-state index is 11.8. The van der Waals surface area contributed by atoms with Crippen molar-refractivity contribution in [1.82, 2.24) is 10.6 Å². The van der Waals surface area contributed by atoms with Gasteiger partial charge in [-0.25, -0.2) is 4.79 Å². The van der Waals surface area contributed by atoms with Crippen LogP contribution in [0, 0.1) is 0 Å². The van der Waals surface area contributed by atoms with Crippen LogP contribution in [0.3, 0.4) is 0 Å². The second-order valence-electron chi connectivity index (χ2n) is 3.90. The van der Waals surface area contributed by atoms with Crippen molar-refractivity contribution < 1.29 is 18.7 Å². The summed E-state index contributed by atoms with van der Waals surface area (Å²) in [5, 5.41) is 15.0. The summed E-state index contributed by atoms with van der Waals surface area (Å²) in [7, 11) is 0. The summed E-state index contributed by atoms with van der Waals surface area (Å²) in [6.45, 7) is 1.35. The summed E-state index contributed by atoms with van der Waals surface area (Å²) in [5.41, 5.74) is -1.26. The van der Waals surface area contributed by atoms with E-state index < -0.39 is 18.3 Å². The molecule has 0 aliphatic rings. The highest BCUT2D eigenvalue weighted by molar-refractivity contribution is 5.73. The van der Waals surface area contributed by atoms with Crippen LogP contribution in [-0.4, -0.2) is 30.9 Å². The van der Waals surface area contributed by atoms with Gasteiger partial charge in [-0.2, -0.15) is 0 Å². The maximum absolute atomic E-state index is 11.8. The minimum Gasteiger partial charge on any atom is -0.466 e. The van der Waals surface area contributed by atoms with Gasteiger partial charge in [-0.05, 0) is 25.5 Å². The molecule has 0 fully saturated rings. The van der Waals surface area contributed by atoms with E-state index in [1.165, 1.54) is 13.2 Å². The van der Waals surface area contributed by atoms with Crippen LogP contribution in [-0.2, 0) is 5.60 Å². The van der Waals surface area contributed by atoms with Crippen molar-refractivity contribution in [3.8, 4) is 0 Å². The van der Waals surface area contributed by atoms with Gasteiger partial charge in [-0.15, -0.1) is 0 Å². The summed E-state index contributed by atoms with van der Waals surface area (Å²) in [5.74, 6) is 0.376. The number of furan rings is 1. The van der Waals surface area contributed by atoms with Crippen LogP contribution in [0.2, 0.25) is 0 Å². The molecule has 0 spiro atoms. The Labute approximate surface area is 99.0 Å². The van der Waals surface area contributed by atoms with E-state index in [1.807, 2.05) is 0 Å². The Balaban J connectivity index is 2.32. The molecule has 0 aromatic carbocycles. The third-order valence-electron chi connectivity index (χ3n) is 2.24. The highest BCUT2D eigenvalue weighted by Crippen LogP contribution is 2.19. The molecule has 1 rings (SSSR count). The Hall–Kier alpha value is -1.56. The van der Waals surface area contributed by atoms with Gasteiger partial charge >= 0.3 is 6.03 Å².